The van der Waals surface area contributed by atoms with Gasteiger partial charge >= 0.3 is 0 Å². The molecule has 0 radical (unpaired) electrons. The lowest BCUT2D eigenvalue weighted by Gasteiger charge is -2.46. The molecule has 7 heteroatoms. The SMILES string of the molecule is CN1Cc2cc(-c3ccc(C[C@@H](C#N)NC(=O)C45CCC(CC4)NC5)c(F)c3)ccc2C1=O. The Hall–Kier alpha value is -3.24. The first-order valence-corrected chi connectivity index (χ1v) is 11.5. The van der Waals surface area contributed by atoms with Gasteiger partial charge in [0, 0.05) is 38.2 Å². The summed E-state index contributed by atoms with van der Waals surface area (Å²) in [6.45, 7) is 1.19. The highest BCUT2D eigenvalue weighted by Gasteiger charge is 2.46. The van der Waals surface area contributed by atoms with E-state index in [1.54, 1.807) is 24.1 Å². The summed E-state index contributed by atoms with van der Waals surface area (Å²) < 4.78 is 15.0. The Bertz CT molecular complexity index is 1150. The molecule has 2 saturated heterocycles. The molecule has 2 amide bonds. The fraction of sp³-hybridized carbons (Fsp3) is 0.423. The van der Waals surface area contributed by atoms with E-state index < -0.39 is 17.3 Å². The molecule has 1 aliphatic carbocycles. The summed E-state index contributed by atoms with van der Waals surface area (Å²) >= 11 is 0. The number of hydrogen-bond acceptors (Lipinski definition) is 4. The molecule has 2 aromatic carbocycles. The quantitative estimate of drug-likeness (QED) is 0.739. The highest BCUT2D eigenvalue weighted by molar-refractivity contribution is 5.98. The van der Waals surface area contributed by atoms with Crippen molar-refractivity contribution >= 4 is 11.8 Å². The minimum absolute atomic E-state index is 0.000681. The zero-order valence-corrected chi connectivity index (χ0v) is 18.7. The molecule has 3 heterocycles. The van der Waals surface area contributed by atoms with Crippen molar-refractivity contribution < 1.29 is 14.0 Å². The maximum atomic E-state index is 15.0. The van der Waals surface area contributed by atoms with Crippen LogP contribution in [0.4, 0.5) is 4.39 Å². The Morgan fingerprint density at radius 1 is 1.27 bits per heavy atom. The van der Waals surface area contributed by atoms with Crippen LogP contribution in [0.2, 0.25) is 0 Å². The molecule has 3 aliphatic heterocycles. The number of nitrogens with one attached hydrogen (secondary N) is 2. The van der Waals surface area contributed by atoms with Crippen molar-refractivity contribution in [3.05, 3.63) is 58.9 Å². The second-order valence-electron chi connectivity index (χ2n) is 9.63. The minimum atomic E-state index is -0.784. The molecule has 0 spiro atoms. The Kier molecular flexibility index (Phi) is 5.41. The summed E-state index contributed by atoms with van der Waals surface area (Å²) in [5.74, 6) is -0.512. The number of nitrogens with zero attached hydrogens (tertiary/aromatic N) is 2. The van der Waals surface area contributed by atoms with E-state index in [1.165, 1.54) is 6.07 Å². The first-order valence-electron chi connectivity index (χ1n) is 11.5. The van der Waals surface area contributed by atoms with Crippen molar-refractivity contribution in [3.63, 3.8) is 0 Å². The van der Waals surface area contributed by atoms with Crippen LogP contribution in [-0.4, -0.2) is 42.4 Å². The molecule has 1 saturated carbocycles. The van der Waals surface area contributed by atoms with Gasteiger partial charge in [-0.3, -0.25) is 9.59 Å². The molecule has 0 aromatic heterocycles. The van der Waals surface area contributed by atoms with E-state index >= 15 is 0 Å². The number of benzene rings is 2. The summed E-state index contributed by atoms with van der Waals surface area (Å²) in [6.07, 6.45) is 3.74. The zero-order chi connectivity index (χ0) is 23.2. The van der Waals surface area contributed by atoms with Crippen molar-refractivity contribution in [2.75, 3.05) is 13.6 Å². The van der Waals surface area contributed by atoms with Gasteiger partial charge in [0.25, 0.3) is 5.91 Å². The van der Waals surface area contributed by atoms with Crippen LogP contribution in [0.5, 0.6) is 0 Å². The summed E-state index contributed by atoms with van der Waals surface area (Å²) in [5, 5.41) is 15.9. The standard InChI is InChI=1S/C26H27FN4O2/c1-31-14-19-10-16(4-5-22(19)24(31)32)17-2-3-18(23(27)12-17)11-21(13-28)30-25(33)26-8-6-20(7-9-26)29-15-26/h2-5,10,12,20-21,29H,6-9,11,14-15H2,1H3,(H,30,33)/t20?,21-,26?/m0/s1. The van der Waals surface area contributed by atoms with Gasteiger partial charge in [-0.15, -0.1) is 0 Å². The molecule has 33 heavy (non-hydrogen) atoms. The maximum absolute atomic E-state index is 15.0. The average Bonchev–Trinajstić information content (AvgIpc) is 3.13. The second kappa shape index (κ2) is 8.27. The fourth-order valence-electron chi connectivity index (χ4n) is 5.40. The molecule has 6 rings (SSSR count). The number of hydrogen-bond donors (Lipinski definition) is 2. The van der Waals surface area contributed by atoms with Gasteiger partial charge in [0.1, 0.15) is 11.9 Å². The van der Waals surface area contributed by atoms with Crippen LogP contribution in [0.3, 0.4) is 0 Å². The average molecular weight is 447 g/mol. The van der Waals surface area contributed by atoms with Gasteiger partial charge in [-0.25, -0.2) is 4.39 Å². The molecule has 2 N–H and O–H groups in total. The maximum Gasteiger partial charge on any atom is 0.254 e. The molecule has 6 nitrogen and oxygen atoms in total. The summed E-state index contributed by atoms with van der Waals surface area (Å²) in [4.78, 5) is 26.7. The van der Waals surface area contributed by atoms with E-state index in [-0.39, 0.29) is 18.2 Å². The van der Waals surface area contributed by atoms with Gasteiger partial charge in [0.15, 0.2) is 0 Å². The van der Waals surface area contributed by atoms with Crippen LogP contribution in [0.1, 0.15) is 47.2 Å². The normalized spacial score (nSPS) is 24.3. The highest BCUT2D eigenvalue weighted by atomic mass is 19.1. The van der Waals surface area contributed by atoms with Gasteiger partial charge in [0.05, 0.1) is 11.5 Å². The molecular formula is C26H27FN4O2. The largest absolute Gasteiger partial charge is 0.340 e. The summed E-state index contributed by atoms with van der Waals surface area (Å²) in [6, 6.07) is 12.4. The Morgan fingerprint density at radius 2 is 2.00 bits per heavy atom. The smallest absolute Gasteiger partial charge is 0.254 e. The number of halogens is 1. The summed E-state index contributed by atoms with van der Waals surface area (Å²) in [5.41, 5.74) is 3.11. The van der Waals surface area contributed by atoms with Crippen LogP contribution >= 0.6 is 0 Å². The number of rotatable bonds is 5. The third-order valence-corrected chi connectivity index (χ3v) is 7.51. The topological polar surface area (TPSA) is 85.2 Å². The van der Waals surface area contributed by atoms with Gasteiger partial charge in [-0.2, -0.15) is 5.26 Å². The first kappa shape index (κ1) is 21.6. The zero-order valence-electron chi connectivity index (χ0n) is 18.7. The lowest BCUT2D eigenvalue weighted by atomic mass is 9.68. The van der Waals surface area contributed by atoms with E-state index in [2.05, 4.69) is 16.7 Å². The molecule has 4 aliphatic rings. The third kappa shape index (κ3) is 3.89. The van der Waals surface area contributed by atoms with Crippen LogP contribution in [-0.2, 0) is 17.8 Å². The van der Waals surface area contributed by atoms with Crippen molar-refractivity contribution in [1.82, 2.24) is 15.5 Å². The third-order valence-electron chi connectivity index (χ3n) is 7.51. The fourth-order valence-corrected chi connectivity index (χ4v) is 5.40. The van der Waals surface area contributed by atoms with Crippen LogP contribution in [0.15, 0.2) is 36.4 Å². The van der Waals surface area contributed by atoms with E-state index in [4.69, 9.17) is 0 Å². The molecular weight excluding hydrogens is 419 g/mol. The minimum Gasteiger partial charge on any atom is -0.340 e. The van der Waals surface area contributed by atoms with Crippen LogP contribution < -0.4 is 10.6 Å². The lowest BCUT2D eigenvalue weighted by molar-refractivity contribution is -0.135. The number of carbonyl (C=O) groups is 2. The monoisotopic (exact) mass is 446 g/mol. The van der Waals surface area contributed by atoms with Crippen molar-refractivity contribution in [1.29, 1.82) is 5.26 Å². The van der Waals surface area contributed by atoms with Gasteiger partial charge in [0.2, 0.25) is 5.91 Å². The molecule has 2 aromatic rings. The van der Waals surface area contributed by atoms with Crippen LogP contribution in [0, 0.1) is 22.6 Å². The van der Waals surface area contributed by atoms with Crippen molar-refractivity contribution in [3.8, 4) is 17.2 Å². The van der Waals surface area contributed by atoms with Crippen molar-refractivity contribution in [2.24, 2.45) is 5.41 Å². The van der Waals surface area contributed by atoms with E-state index in [1.807, 2.05) is 18.2 Å². The number of amides is 2. The molecule has 3 fully saturated rings. The predicted octanol–water partition coefficient (Wildman–Crippen LogP) is 3.16. The van der Waals surface area contributed by atoms with E-state index in [9.17, 15) is 19.2 Å². The molecule has 0 unspecified atom stereocenters. The van der Waals surface area contributed by atoms with Gasteiger partial charge < -0.3 is 15.5 Å². The number of piperidine rings is 2. The predicted molar refractivity (Wildman–Crippen MR) is 122 cm³/mol. The van der Waals surface area contributed by atoms with Gasteiger partial charge in [-0.05, 0) is 66.1 Å². The molecule has 2 bridgehead atoms. The highest BCUT2D eigenvalue weighted by Crippen LogP contribution is 2.40. The van der Waals surface area contributed by atoms with E-state index in [0.717, 1.165) is 36.8 Å². The number of fused-ring (bicyclic) bond motifs is 4. The second-order valence-corrected chi connectivity index (χ2v) is 9.63. The summed E-state index contributed by atoms with van der Waals surface area (Å²) in [7, 11) is 1.76. The molecule has 170 valence electrons. The Balaban J connectivity index is 1.29. The number of nitriles is 1. The Morgan fingerprint density at radius 3 is 2.67 bits per heavy atom. The van der Waals surface area contributed by atoms with E-state index in [0.29, 0.717) is 35.8 Å². The van der Waals surface area contributed by atoms with Gasteiger partial charge in [-0.1, -0.05) is 18.2 Å². The van der Waals surface area contributed by atoms with Crippen molar-refractivity contribution in [2.45, 2.75) is 50.7 Å². The molecule has 1 atom stereocenters. The first-order chi connectivity index (χ1) is 15.9. The Labute approximate surface area is 192 Å². The van der Waals surface area contributed by atoms with Crippen LogP contribution in [0.25, 0.3) is 11.1 Å². The lowest BCUT2D eigenvalue weighted by Crippen LogP contribution is -2.59. The number of carbonyl (C=O) groups excluding carboxylic acids is 2.